The van der Waals surface area contributed by atoms with Gasteiger partial charge in [0.05, 0.1) is 20.8 Å². The van der Waals surface area contributed by atoms with Crippen LogP contribution in [0.5, 0.6) is 0 Å². The number of ether oxygens (including phenoxy) is 1. The van der Waals surface area contributed by atoms with Gasteiger partial charge in [0, 0.05) is 36.5 Å². The highest BCUT2D eigenvalue weighted by molar-refractivity contribution is 7.92. The molecule has 0 bridgehead atoms. The molecule has 2 fully saturated rings. The Bertz CT molecular complexity index is 1410. The molecule has 2 aromatic rings. The maximum absolute atomic E-state index is 13.8. The van der Waals surface area contributed by atoms with E-state index in [9.17, 15) is 36.3 Å². The van der Waals surface area contributed by atoms with E-state index in [1.54, 1.807) is 6.92 Å². The van der Waals surface area contributed by atoms with Gasteiger partial charge >= 0.3 is 0 Å². The maximum Gasteiger partial charge on any atom is 0.255 e. The van der Waals surface area contributed by atoms with Gasteiger partial charge in [-0.25, -0.2) is 21.6 Å². The van der Waals surface area contributed by atoms with Crippen LogP contribution in [0.2, 0.25) is 5.02 Å². The van der Waals surface area contributed by atoms with Crippen LogP contribution in [0.3, 0.4) is 0 Å². The van der Waals surface area contributed by atoms with Crippen molar-refractivity contribution in [3.05, 3.63) is 58.4 Å². The Kier molecular flexibility index (Phi) is 9.37. The third-order valence-electron chi connectivity index (χ3n) is 8.17. The number of halogens is 4. The van der Waals surface area contributed by atoms with E-state index >= 15 is 0 Å². The zero-order valence-corrected chi connectivity index (χ0v) is 24.1. The van der Waals surface area contributed by atoms with Crippen molar-refractivity contribution in [1.82, 2.24) is 5.32 Å². The topological polar surface area (TPSA) is 122 Å². The van der Waals surface area contributed by atoms with Crippen molar-refractivity contribution in [2.24, 2.45) is 11.8 Å². The number of aliphatic hydroxyl groups is 1. The average Bonchev–Trinajstić information content (AvgIpc) is 3.47. The van der Waals surface area contributed by atoms with Crippen molar-refractivity contribution in [3.63, 3.8) is 0 Å². The van der Waals surface area contributed by atoms with Crippen molar-refractivity contribution in [1.29, 1.82) is 0 Å². The summed E-state index contributed by atoms with van der Waals surface area (Å²) >= 11 is 6.27. The largest absolute Gasteiger partial charge is 0.387 e. The predicted molar refractivity (Wildman–Crippen MR) is 146 cm³/mol. The molecule has 5 atom stereocenters. The van der Waals surface area contributed by atoms with Crippen LogP contribution in [0, 0.1) is 29.3 Å². The van der Waals surface area contributed by atoms with Gasteiger partial charge in [0.15, 0.2) is 27.3 Å². The van der Waals surface area contributed by atoms with Crippen LogP contribution in [0.4, 0.5) is 18.9 Å². The van der Waals surface area contributed by atoms with Crippen LogP contribution in [-0.4, -0.2) is 55.4 Å². The first kappa shape index (κ1) is 31.3. The molecule has 8 nitrogen and oxygen atoms in total. The fourth-order valence-corrected chi connectivity index (χ4v) is 8.17. The summed E-state index contributed by atoms with van der Waals surface area (Å²) in [6, 6.07) is 4.76. The summed E-state index contributed by atoms with van der Waals surface area (Å²) in [6.45, 7) is 4.02. The van der Waals surface area contributed by atoms with E-state index in [2.05, 4.69) is 10.6 Å². The number of hydrogen-bond donors (Lipinski definition) is 3. The molecular weight excluding hydrogens is 585 g/mol. The highest BCUT2D eigenvalue weighted by Crippen LogP contribution is 2.44. The molecule has 1 aliphatic carbocycles. The number of carbonyl (C=O) groups is 2. The second-order valence-electron chi connectivity index (χ2n) is 10.7. The van der Waals surface area contributed by atoms with Crippen molar-refractivity contribution in [2.75, 3.05) is 18.5 Å². The predicted octanol–water partition coefficient (Wildman–Crippen LogP) is 4.63. The number of benzene rings is 2. The molecule has 4 rings (SSSR count). The van der Waals surface area contributed by atoms with E-state index in [1.807, 2.05) is 6.92 Å². The Balaban J connectivity index is 1.53. The van der Waals surface area contributed by atoms with Crippen LogP contribution in [-0.2, 0) is 19.4 Å². The molecule has 0 spiro atoms. The lowest BCUT2D eigenvalue weighted by Crippen LogP contribution is -2.58. The number of rotatable bonds is 8. The third kappa shape index (κ3) is 6.40. The highest BCUT2D eigenvalue weighted by atomic mass is 35.5. The standard InChI is InChI=1S/C28H32ClF3N2O6S/c1-3-17-11-19(9-15(2)28(17,37)14-33-27(36)23-5-4-8-40-23)41(38,39)24-10-16(6-7-20(24)29)26(35)34-18-12-21(30)25(32)22(31)13-18/h6-7,10,12-13,15,17,19,23,37H,3-5,8-9,11,14H2,1-2H3,(H,33,36)(H,34,35)/t15-,17?,19-,23+,28-/m0/s1. The molecule has 13 heteroatoms. The first-order chi connectivity index (χ1) is 19.3. The normalized spacial score (nSPS) is 26.5. The Labute approximate surface area is 241 Å². The van der Waals surface area contributed by atoms with E-state index in [4.69, 9.17) is 16.3 Å². The Morgan fingerprint density at radius 3 is 2.44 bits per heavy atom. The first-order valence-corrected chi connectivity index (χ1v) is 15.3. The van der Waals surface area contributed by atoms with Gasteiger partial charge in [0.1, 0.15) is 6.10 Å². The van der Waals surface area contributed by atoms with E-state index in [0.29, 0.717) is 31.6 Å². The van der Waals surface area contributed by atoms with Gasteiger partial charge in [0.2, 0.25) is 5.91 Å². The van der Waals surface area contributed by atoms with Gasteiger partial charge in [-0.1, -0.05) is 31.9 Å². The molecule has 1 heterocycles. The third-order valence-corrected chi connectivity index (χ3v) is 10.8. The summed E-state index contributed by atoms with van der Waals surface area (Å²) in [6.07, 6.45) is 1.45. The fraction of sp³-hybridized carbons (Fsp3) is 0.500. The summed E-state index contributed by atoms with van der Waals surface area (Å²) < 4.78 is 73.4. The summed E-state index contributed by atoms with van der Waals surface area (Å²) in [5.41, 5.74) is -1.86. The summed E-state index contributed by atoms with van der Waals surface area (Å²) in [5, 5.41) is 15.5. The lowest BCUT2D eigenvalue weighted by Gasteiger charge is -2.47. The minimum absolute atomic E-state index is 0.0425. The molecule has 2 aliphatic rings. The number of carbonyl (C=O) groups excluding carboxylic acids is 2. The monoisotopic (exact) mass is 616 g/mol. The van der Waals surface area contributed by atoms with E-state index in [-0.39, 0.29) is 46.5 Å². The minimum atomic E-state index is -4.11. The molecule has 1 aliphatic heterocycles. The SMILES string of the molecule is CCC1C[C@@H](S(=O)(=O)c2cc(C(=O)Nc3cc(F)c(F)c(F)c3)ccc2Cl)C[C@H](C)[C@@]1(O)CNC(=O)[C@H]1CCCO1. The van der Waals surface area contributed by atoms with Crippen LogP contribution in [0.15, 0.2) is 35.2 Å². The van der Waals surface area contributed by atoms with Crippen LogP contribution in [0.25, 0.3) is 0 Å². The number of nitrogens with one attached hydrogen (secondary N) is 2. The molecule has 1 saturated heterocycles. The first-order valence-electron chi connectivity index (χ1n) is 13.4. The Hall–Kier alpha value is -2.67. The van der Waals surface area contributed by atoms with E-state index < -0.39 is 62.0 Å². The highest BCUT2D eigenvalue weighted by Gasteiger charge is 2.50. The molecule has 0 radical (unpaired) electrons. The smallest absolute Gasteiger partial charge is 0.255 e. The second-order valence-corrected chi connectivity index (χ2v) is 13.3. The summed E-state index contributed by atoms with van der Waals surface area (Å²) in [4.78, 5) is 25.0. The number of hydrogen-bond acceptors (Lipinski definition) is 6. The maximum atomic E-state index is 13.8. The van der Waals surface area contributed by atoms with Gasteiger partial charge in [-0.05, 0) is 55.7 Å². The number of anilines is 1. The van der Waals surface area contributed by atoms with Crippen LogP contribution >= 0.6 is 11.6 Å². The van der Waals surface area contributed by atoms with Crippen molar-refractivity contribution in [2.45, 2.75) is 67.8 Å². The quantitative estimate of drug-likeness (QED) is 0.372. The van der Waals surface area contributed by atoms with Crippen LogP contribution < -0.4 is 10.6 Å². The van der Waals surface area contributed by atoms with Gasteiger partial charge in [0.25, 0.3) is 5.91 Å². The van der Waals surface area contributed by atoms with Gasteiger partial charge in [-0.2, -0.15) is 0 Å². The molecule has 2 amide bonds. The summed E-state index contributed by atoms with van der Waals surface area (Å²) in [5.74, 6) is -6.86. The van der Waals surface area contributed by atoms with Crippen molar-refractivity contribution in [3.8, 4) is 0 Å². The van der Waals surface area contributed by atoms with Crippen LogP contribution in [0.1, 0.15) is 56.3 Å². The molecule has 1 saturated carbocycles. The van der Waals surface area contributed by atoms with E-state index in [1.165, 1.54) is 12.1 Å². The molecular formula is C28H32ClF3N2O6S. The molecule has 1 unspecified atom stereocenters. The number of sulfone groups is 1. The van der Waals surface area contributed by atoms with Gasteiger partial charge < -0.3 is 20.5 Å². The average molecular weight is 617 g/mol. The number of amides is 2. The Morgan fingerprint density at radius 1 is 1.15 bits per heavy atom. The minimum Gasteiger partial charge on any atom is -0.387 e. The van der Waals surface area contributed by atoms with Crippen molar-refractivity contribution < 1.29 is 41.0 Å². The van der Waals surface area contributed by atoms with Gasteiger partial charge in [-0.15, -0.1) is 0 Å². The zero-order chi connectivity index (χ0) is 30.1. The zero-order valence-electron chi connectivity index (χ0n) is 22.6. The Morgan fingerprint density at radius 2 is 1.83 bits per heavy atom. The molecule has 0 aromatic heterocycles. The van der Waals surface area contributed by atoms with Gasteiger partial charge in [-0.3, -0.25) is 9.59 Å². The lowest BCUT2D eigenvalue weighted by molar-refractivity contribution is -0.134. The second kappa shape index (κ2) is 12.3. The fourth-order valence-electron chi connectivity index (χ4n) is 5.71. The van der Waals surface area contributed by atoms with Crippen molar-refractivity contribution >= 4 is 38.9 Å². The summed E-state index contributed by atoms with van der Waals surface area (Å²) in [7, 11) is -4.11. The molecule has 41 heavy (non-hydrogen) atoms. The molecule has 224 valence electrons. The lowest BCUT2D eigenvalue weighted by atomic mass is 9.67. The van der Waals surface area contributed by atoms with E-state index in [0.717, 1.165) is 12.5 Å². The molecule has 3 N–H and O–H groups in total. The molecule has 2 aromatic carbocycles.